The number of fused-ring (bicyclic) bond motifs is 1. The number of anilines is 3. The molecule has 166 valence electrons. The molecule has 0 aliphatic carbocycles. The molecule has 3 rings (SSSR count). The first kappa shape index (κ1) is 22.8. The number of sulfonamides is 1. The van der Waals surface area contributed by atoms with Gasteiger partial charge in [-0.15, -0.1) is 0 Å². The molecule has 0 saturated heterocycles. The lowest BCUT2D eigenvalue weighted by Gasteiger charge is -2.20. The van der Waals surface area contributed by atoms with Crippen LogP contribution < -0.4 is 19.7 Å². The zero-order chi connectivity index (χ0) is 22.6. The summed E-state index contributed by atoms with van der Waals surface area (Å²) in [5, 5.41) is 4.10. The Morgan fingerprint density at radius 2 is 1.87 bits per heavy atom. The minimum atomic E-state index is -3.58. The zero-order valence-corrected chi connectivity index (χ0v) is 19.3. The lowest BCUT2D eigenvalue weighted by Crippen LogP contribution is -2.19. The van der Waals surface area contributed by atoms with Crippen molar-refractivity contribution in [3.63, 3.8) is 0 Å². The average molecular weight is 444 g/mol. The average Bonchev–Trinajstić information content (AvgIpc) is 2.73. The number of nitrogens with zero attached hydrogens (tertiary/aromatic N) is 3. The summed E-state index contributed by atoms with van der Waals surface area (Å²) in [4.78, 5) is 10.8. The van der Waals surface area contributed by atoms with E-state index in [0.717, 1.165) is 28.8 Å². The van der Waals surface area contributed by atoms with Crippen LogP contribution in [-0.4, -0.2) is 46.1 Å². The number of aromatic nitrogens is 2. The highest BCUT2D eigenvalue weighted by molar-refractivity contribution is 7.89. The predicted molar refractivity (Wildman–Crippen MR) is 125 cm³/mol. The highest BCUT2D eigenvalue weighted by atomic mass is 32.2. The van der Waals surface area contributed by atoms with Crippen molar-refractivity contribution in [2.24, 2.45) is 5.92 Å². The number of hydrogen-bond acceptors (Lipinski definition) is 7. The van der Waals surface area contributed by atoms with Gasteiger partial charge in [0.15, 0.2) is 0 Å². The number of hydrogen-bond donors (Lipinski definition) is 2. The van der Waals surface area contributed by atoms with E-state index in [-0.39, 0.29) is 4.90 Å². The van der Waals surface area contributed by atoms with Gasteiger partial charge < -0.3 is 15.0 Å². The second kappa shape index (κ2) is 9.49. The Labute approximate surface area is 183 Å². The fourth-order valence-electron chi connectivity index (χ4n) is 3.06. The molecule has 2 N–H and O–H groups in total. The monoisotopic (exact) mass is 443 g/mol. The van der Waals surface area contributed by atoms with E-state index in [0.29, 0.717) is 24.0 Å². The Morgan fingerprint density at radius 1 is 1.10 bits per heavy atom. The maximum atomic E-state index is 12.3. The molecule has 8 nitrogen and oxygen atoms in total. The predicted octanol–water partition coefficient (Wildman–Crippen LogP) is 3.77. The molecule has 3 aromatic rings. The Kier molecular flexibility index (Phi) is 6.97. The quantitative estimate of drug-likeness (QED) is 0.520. The second-order valence-electron chi connectivity index (χ2n) is 7.84. The maximum Gasteiger partial charge on any atom is 0.240 e. The Bertz CT molecular complexity index is 1160. The number of nitrogens with one attached hydrogen (secondary N) is 2. The molecule has 1 aromatic heterocycles. The highest BCUT2D eigenvalue weighted by Gasteiger charge is 2.16. The molecule has 0 amide bonds. The van der Waals surface area contributed by atoms with E-state index in [1.54, 1.807) is 18.2 Å². The molecule has 1 heterocycles. The van der Waals surface area contributed by atoms with E-state index in [2.05, 4.69) is 33.9 Å². The van der Waals surface area contributed by atoms with Gasteiger partial charge in [0.1, 0.15) is 17.9 Å². The molecule has 0 saturated carbocycles. The van der Waals surface area contributed by atoms with Crippen molar-refractivity contribution >= 4 is 38.1 Å². The molecular formula is C22H29N5O3S. The van der Waals surface area contributed by atoms with Gasteiger partial charge in [0.2, 0.25) is 10.0 Å². The smallest absolute Gasteiger partial charge is 0.240 e. The van der Waals surface area contributed by atoms with Crippen LogP contribution in [0.3, 0.4) is 0 Å². The van der Waals surface area contributed by atoms with Crippen molar-refractivity contribution in [1.29, 1.82) is 0 Å². The van der Waals surface area contributed by atoms with Gasteiger partial charge >= 0.3 is 0 Å². The van der Waals surface area contributed by atoms with Crippen molar-refractivity contribution in [3.05, 3.63) is 42.7 Å². The molecule has 0 bridgehead atoms. The molecule has 9 heteroatoms. The number of rotatable bonds is 9. The summed E-state index contributed by atoms with van der Waals surface area (Å²) in [6.45, 7) is 4.97. The van der Waals surface area contributed by atoms with Crippen LogP contribution in [0.1, 0.15) is 20.3 Å². The van der Waals surface area contributed by atoms with Crippen LogP contribution in [0.2, 0.25) is 0 Å². The normalized spacial score (nSPS) is 11.7. The van der Waals surface area contributed by atoms with Crippen LogP contribution in [0.4, 0.5) is 17.2 Å². The van der Waals surface area contributed by atoms with Gasteiger partial charge in [-0.1, -0.05) is 13.8 Å². The SMILES string of the molecule is CNS(=O)(=O)c1ccc(N(C)C)c(Nc2ncnc3cc(OCCC(C)C)ccc23)c1. The van der Waals surface area contributed by atoms with Crippen LogP contribution in [-0.2, 0) is 10.0 Å². The third-order valence-corrected chi connectivity index (χ3v) is 6.27. The maximum absolute atomic E-state index is 12.3. The van der Waals surface area contributed by atoms with E-state index >= 15 is 0 Å². The molecule has 0 radical (unpaired) electrons. The second-order valence-corrected chi connectivity index (χ2v) is 9.72. The van der Waals surface area contributed by atoms with Gasteiger partial charge in [0.05, 0.1) is 28.4 Å². The molecule has 31 heavy (non-hydrogen) atoms. The van der Waals surface area contributed by atoms with Crippen molar-refractivity contribution in [3.8, 4) is 5.75 Å². The third kappa shape index (κ3) is 5.42. The first-order chi connectivity index (χ1) is 14.7. The van der Waals surface area contributed by atoms with Gasteiger partial charge in [-0.2, -0.15) is 0 Å². The lowest BCUT2D eigenvalue weighted by atomic mass is 10.1. The molecular weight excluding hydrogens is 414 g/mol. The van der Waals surface area contributed by atoms with Crippen molar-refractivity contribution in [2.45, 2.75) is 25.2 Å². The van der Waals surface area contributed by atoms with Gasteiger partial charge in [-0.25, -0.2) is 23.1 Å². The molecule has 0 fully saturated rings. The van der Waals surface area contributed by atoms with Crippen LogP contribution >= 0.6 is 0 Å². The first-order valence-electron chi connectivity index (χ1n) is 10.1. The molecule has 0 aliphatic rings. The lowest BCUT2D eigenvalue weighted by molar-refractivity contribution is 0.290. The van der Waals surface area contributed by atoms with E-state index in [1.807, 2.05) is 37.2 Å². The topological polar surface area (TPSA) is 96.5 Å². The summed E-state index contributed by atoms with van der Waals surface area (Å²) >= 11 is 0. The molecule has 2 aromatic carbocycles. The van der Waals surface area contributed by atoms with Crippen LogP contribution in [0.15, 0.2) is 47.6 Å². The highest BCUT2D eigenvalue weighted by Crippen LogP contribution is 2.32. The fraction of sp³-hybridized carbons (Fsp3) is 0.364. The van der Waals surface area contributed by atoms with E-state index in [4.69, 9.17) is 4.74 Å². The van der Waals surface area contributed by atoms with Crippen molar-refractivity contribution in [2.75, 3.05) is 38.0 Å². The van der Waals surface area contributed by atoms with Crippen molar-refractivity contribution < 1.29 is 13.2 Å². The first-order valence-corrected chi connectivity index (χ1v) is 11.6. The number of ether oxygens (including phenoxy) is 1. The van der Waals surface area contributed by atoms with Gasteiger partial charge in [0, 0.05) is 25.5 Å². The number of benzene rings is 2. The van der Waals surface area contributed by atoms with E-state index in [9.17, 15) is 8.42 Å². The third-order valence-electron chi connectivity index (χ3n) is 4.85. The minimum absolute atomic E-state index is 0.169. The summed E-state index contributed by atoms with van der Waals surface area (Å²) in [7, 11) is 1.60. The standard InChI is InChI=1S/C22H29N5O3S/c1-15(2)10-11-30-16-6-8-18-19(12-16)24-14-25-22(18)26-20-13-17(31(28,29)23-3)7-9-21(20)27(4)5/h6-9,12-15,23H,10-11H2,1-5H3,(H,24,25,26). The minimum Gasteiger partial charge on any atom is -0.494 e. The fourth-order valence-corrected chi connectivity index (χ4v) is 3.81. The molecule has 0 unspecified atom stereocenters. The van der Waals surface area contributed by atoms with Gasteiger partial charge in [0.25, 0.3) is 0 Å². The summed E-state index contributed by atoms with van der Waals surface area (Å²) in [6.07, 6.45) is 2.46. The molecule has 0 atom stereocenters. The summed E-state index contributed by atoms with van der Waals surface area (Å²) < 4.78 is 32.7. The summed E-state index contributed by atoms with van der Waals surface area (Å²) in [6, 6.07) is 10.6. The van der Waals surface area contributed by atoms with Gasteiger partial charge in [-0.05, 0) is 49.7 Å². The van der Waals surface area contributed by atoms with E-state index in [1.165, 1.54) is 13.4 Å². The van der Waals surface area contributed by atoms with Crippen LogP contribution in [0.25, 0.3) is 10.9 Å². The Morgan fingerprint density at radius 3 is 2.55 bits per heavy atom. The van der Waals surface area contributed by atoms with E-state index < -0.39 is 10.0 Å². The van der Waals surface area contributed by atoms with Gasteiger partial charge in [-0.3, -0.25) is 0 Å². The molecule has 0 aliphatic heterocycles. The summed E-state index contributed by atoms with van der Waals surface area (Å²) in [5.41, 5.74) is 2.19. The van der Waals surface area contributed by atoms with Crippen molar-refractivity contribution in [1.82, 2.24) is 14.7 Å². The van der Waals surface area contributed by atoms with Crippen LogP contribution in [0, 0.1) is 5.92 Å². The summed E-state index contributed by atoms with van der Waals surface area (Å²) in [5.74, 6) is 1.92. The Balaban J connectivity index is 1.96. The largest absolute Gasteiger partial charge is 0.494 e. The molecule has 0 spiro atoms. The Hall–Kier alpha value is -2.91. The van der Waals surface area contributed by atoms with Crippen LogP contribution in [0.5, 0.6) is 5.75 Å². The zero-order valence-electron chi connectivity index (χ0n) is 18.5.